The van der Waals surface area contributed by atoms with E-state index in [0.717, 1.165) is 71.6 Å². The number of carbonyl (C=O) groups excluding carboxylic acids is 1. The number of fused-ring (bicyclic) bond motifs is 1. The van der Waals surface area contributed by atoms with E-state index >= 15 is 0 Å². The molecule has 1 atom stereocenters. The molecule has 42 heavy (non-hydrogen) atoms. The van der Waals surface area contributed by atoms with Crippen molar-refractivity contribution in [3.8, 4) is 21.9 Å². The maximum Gasteiger partial charge on any atom is 0.416 e. The van der Waals surface area contributed by atoms with Gasteiger partial charge < -0.3 is 20.7 Å². The van der Waals surface area contributed by atoms with E-state index in [1.165, 1.54) is 25.1 Å². The standard InChI is InChI=1S/C30H27F3N6O2S/c1-18(21-4-2-3-5-22(21)30(31,32)33)41-25-15-27(42-28(25)29(34)40)39-17-37-23-14-19(6-8-24(23)39)20-7-9-26(36-16-20)38-12-10-35-11-13-38/h2-9,14-18,35H,10-13H2,1H3,(H2,34,40). The topological polar surface area (TPSA) is 98.3 Å². The Morgan fingerprint density at radius 3 is 2.52 bits per heavy atom. The van der Waals surface area contributed by atoms with Gasteiger partial charge in [-0.25, -0.2) is 9.97 Å². The molecule has 4 heterocycles. The second kappa shape index (κ2) is 11.1. The molecule has 0 spiro atoms. The Hall–Kier alpha value is -4.42. The summed E-state index contributed by atoms with van der Waals surface area (Å²) in [6, 6.07) is 16.7. The molecule has 1 amide bonds. The molecule has 0 aliphatic carbocycles. The van der Waals surface area contributed by atoms with Gasteiger partial charge in [0.25, 0.3) is 5.91 Å². The highest BCUT2D eigenvalue weighted by Crippen LogP contribution is 2.39. The van der Waals surface area contributed by atoms with Crippen molar-refractivity contribution in [2.24, 2.45) is 5.73 Å². The van der Waals surface area contributed by atoms with E-state index in [9.17, 15) is 18.0 Å². The van der Waals surface area contributed by atoms with Gasteiger partial charge in [-0.2, -0.15) is 13.2 Å². The molecule has 1 unspecified atom stereocenters. The second-order valence-electron chi connectivity index (χ2n) is 9.95. The number of thiophene rings is 1. The Morgan fingerprint density at radius 2 is 1.81 bits per heavy atom. The number of alkyl halides is 3. The Labute approximate surface area is 243 Å². The Balaban J connectivity index is 1.27. The number of ether oxygens (including phenoxy) is 1. The number of amides is 1. The smallest absolute Gasteiger partial charge is 0.416 e. The number of carbonyl (C=O) groups is 1. The molecule has 2 aromatic carbocycles. The van der Waals surface area contributed by atoms with E-state index in [2.05, 4.69) is 20.2 Å². The lowest BCUT2D eigenvalue weighted by molar-refractivity contribution is -0.139. The molecule has 3 N–H and O–H groups in total. The number of piperazine rings is 1. The first kappa shape index (κ1) is 27.7. The zero-order chi connectivity index (χ0) is 29.4. The predicted octanol–water partition coefficient (Wildman–Crippen LogP) is 5.82. The minimum atomic E-state index is -4.54. The zero-order valence-corrected chi connectivity index (χ0v) is 23.4. The van der Waals surface area contributed by atoms with Crippen molar-refractivity contribution in [2.45, 2.75) is 19.2 Å². The summed E-state index contributed by atoms with van der Waals surface area (Å²) in [7, 11) is 0. The number of nitrogens with one attached hydrogen (secondary N) is 1. The summed E-state index contributed by atoms with van der Waals surface area (Å²) in [6.07, 6.45) is -2.05. The summed E-state index contributed by atoms with van der Waals surface area (Å²) in [5, 5.41) is 3.93. The van der Waals surface area contributed by atoms with E-state index in [1.807, 2.05) is 36.5 Å². The van der Waals surface area contributed by atoms with Gasteiger partial charge >= 0.3 is 6.18 Å². The number of rotatable bonds is 7. The lowest BCUT2D eigenvalue weighted by Crippen LogP contribution is -2.43. The highest BCUT2D eigenvalue weighted by molar-refractivity contribution is 7.16. The highest BCUT2D eigenvalue weighted by Gasteiger charge is 2.35. The van der Waals surface area contributed by atoms with E-state index in [0.29, 0.717) is 5.00 Å². The Morgan fingerprint density at radius 1 is 1.05 bits per heavy atom. The van der Waals surface area contributed by atoms with Gasteiger partial charge in [0.15, 0.2) is 0 Å². The normalized spacial score (nSPS) is 14.7. The Kier molecular flexibility index (Phi) is 7.33. The molecule has 8 nitrogen and oxygen atoms in total. The number of aromatic nitrogens is 3. The third kappa shape index (κ3) is 5.42. The van der Waals surface area contributed by atoms with Crippen molar-refractivity contribution < 1.29 is 22.7 Å². The largest absolute Gasteiger partial charge is 0.484 e. The molecular weight excluding hydrogens is 565 g/mol. The number of hydrogen-bond donors (Lipinski definition) is 2. The van der Waals surface area contributed by atoms with Gasteiger partial charge in [-0.05, 0) is 42.8 Å². The van der Waals surface area contributed by atoms with Crippen molar-refractivity contribution in [1.82, 2.24) is 19.9 Å². The van der Waals surface area contributed by atoms with Crippen LogP contribution in [0.1, 0.15) is 33.8 Å². The minimum Gasteiger partial charge on any atom is -0.484 e. The van der Waals surface area contributed by atoms with Crippen LogP contribution in [0.5, 0.6) is 5.75 Å². The number of imidazole rings is 1. The summed E-state index contributed by atoms with van der Waals surface area (Å²) < 4.78 is 48.4. The van der Waals surface area contributed by atoms with Gasteiger partial charge in [0.2, 0.25) is 0 Å². The van der Waals surface area contributed by atoms with Crippen LogP contribution in [-0.4, -0.2) is 46.6 Å². The van der Waals surface area contributed by atoms with Crippen molar-refractivity contribution in [3.05, 3.63) is 89.2 Å². The van der Waals surface area contributed by atoms with Crippen molar-refractivity contribution >= 4 is 34.1 Å². The zero-order valence-electron chi connectivity index (χ0n) is 22.6. The van der Waals surface area contributed by atoms with Crippen molar-refractivity contribution in [1.29, 1.82) is 0 Å². The summed E-state index contributed by atoms with van der Waals surface area (Å²) in [4.78, 5) is 23.8. The summed E-state index contributed by atoms with van der Waals surface area (Å²) in [5.74, 6) is 0.324. The van der Waals surface area contributed by atoms with E-state index in [1.54, 1.807) is 17.0 Å². The molecular formula is C30H27F3N6O2S. The van der Waals surface area contributed by atoms with E-state index < -0.39 is 23.8 Å². The van der Waals surface area contributed by atoms with Gasteiger partial charge in [-0.15, -0.1) is 11.3 Å². The molecule has 0 saturated carbocycles. The number of primary amides is 1. The molecule has 1 aliphatic rings. The molecule has 1 fully saturated rings. The first-order valence-corrected chi connectivity index (χ1v) is 14.2. The van der Waals surface area contributed by atoms with Crippen LogP contribution in [0.15, 0.2) is 73.2 Å². The monoisotopic (exact) mass is 592 g/mol. The first-order valence-electron chi connectivity index (χ1n) is 13.3. The van der Waals surface area contributed by atoms with Crippen LogP contribution in [0.4, 0.5) is 19.0 Å². The lowest BCUT2D eigenvalue weighted by atomic mass is 10.0. The number of pyridine rings is 1. The van der Waals surface area contributed by atoms with Crippen LogP contribution >= 0.6 is 11.3 Å². The number of nitrogens with zero attached hydrogens (tertiary/aromatic N) is 4. The summed E-state index contributed by atoms with van der Waals surface area (Å²) in [6.45, 7) is 5.22. The summed E-state index contributed by atoms with van der Waals surface area (Å²) >= 11 is 1.08. The van der Waals surface area contributed by atoms with Crippen LogP contribution in [0, 0.1) is 0 Å². The molecule has 1 aliphatic heterocycles. The van der Waals surface area contributed by atoms with E-state index in [-0.39, 0.29) is 16.2 Å². The fourth-order valence-electron chi connectivity index (χ4n) is 5.11. The van der Waals surface area contributed by atoms with Gasteiger partial charge in [-0.3, -0.25) is 9.36 Å². The third-order valence-electron chi connectivity index (χ3n) is 7.22. The quantitative estimate of drug-likeness (QED) is 0.247. The Bertz CT molecular complexity index is 1740. The predicted molar refractivity (Wildman–Crippen MR) is 156 cm³/mol. The molecule has 0 bridgehead atoms. The molecule has 6 rings (SSSR count). The SMILES string of the molecule is CC(Oc1cc(-n2cnc3cc(-c4ccc(N5CCNCC5)nc4)ccc32)sc1C(N)=O)c1ccccc1C(F)(F)F. The molecule has 216 valence electrons. The van der Waals surface area contributed by atoms with Crippen molar-refractivity contribution in [3.63, 3.8) is 0 Å². The molecule has 1 saturated heterocycles. The van der Waals surface area contributed by atoms with Gasteiger partial charge in [-0.1, -0.05) is 24.3 Å². The van der Waals surface area contributed by atoms with Gasteiger partial charge in [0, 0.05) is 49.6 Å². The van der Waals surface area contributed by atoms with Gasteiger partial charge in [0.1, 0.15) is 33.9 Å². The maximum atomic E-state index is 13.6. The minimum absolute atomic E-state index is 0.0377. The van der Waals surface area contributed by atoms with Crippen LogP contribution in [-0.2, 0) is 6.18 Å². The number of benzene rings is 2. The van der Waals surface area contributed by atoms with Crippen molar-refractivity contribution in [2.75, 3.05) is 31.1 Å². The van der Waals surface area contributed by atoms with Crippen LogP contribution < -0.4 is 20.7 Å². The van der Waals surface area contributed by atoms with Crippen LogP contribution in [0.25, 0.3) is 27.2 Å². The molecule has 3 aromatic heterocycles. The van der Waals surface area contributed by atoms with E-state index in [4.69, 9.17) is 10.5 Å². The highest BCUT2D eigenvalue weighted by atomic mass is 32.1. The molecule has 0 radical (unpaired) electrons. The summed E-state index contributed by atoms with van der Waals surface area (Å²) in [5.41, 5.74) is 8.21. The number of hydrogen-bond acceptors (Lipinski definition) is 7. The van der Waals surface area contributed by atoms with Crippen LogP contribution in [0.3, 0.4) is 0 Å². The number of halogens is 3. The average Bonchev–Trinajstić information content (AvgIpc) is 3.61. The van der Waals surface area contributed by atoms with Gasteiger partial charge in [0.05, 0.1) is 16.6 Å². The molecule has 12 heteroatoms. The average molecular weight is 593 g/mol. The fourth-order valence-corrected chi connectivity index (χ4v) is 6.04. The maximum absolute atomic E-state index is 13.6. The molecule has 5 aromatic rings. The number of nitrogens with two attached hydrogens (primary N) is 1. The first-order chi connectivity index (χ1) is 20.2. The fraction of sp³-hybridized carbons (Fsp3) is 0.233. The number of anilines is 1. The third-order valence-corrected chi connectivity index (χ3v) is 8.35. The van der Waals surface area contributed by atoms with Crippen LogP contribution in [0.2, 0.25) is 0 Å². The second-order valence-corrected chi connectivity index (χ2v) is 11.0. The lowest BCUT2D eigenvalue weighted by Gasteiger charge is -2.28.